The van der Waals surface area contributed by atoms with Crippen molar-refractivity contribution in [1.29, 1.82) is 0 Å². The summed E-state index contributed by atoms with van der Waals surface area (Å²) in [7, 11) is 4.45. The smallest absolute Gasteiger partial charge is 0.300 e. The van der Waals surface area contributed by atoms with E-state index in [1.807, 2.05) is 0 Å². The highest BCUT2D eigenvalue weighted by Crippen LogP contribution is 2.21. The first-order valence-electron chi connectivity index (χ1n) is 21.9. The molecule has 0 aliphatic carbocycles. The van der Waals surface area contributed by atoms with Crippen LogP contribution in [0.2, 0.25) is 0 Å². The zero-order valence-corrected chi connectivity index (χ0v) is 34.5. The lowest BCUT2D eigenvalue weighted by Gasteiger charge is -2.31. The van der Waals surface area contributed by atoms with Crippen molar-refractivity contribution < 1.29 is 15.0 Å². The Kier molecular flexibility index (Phi) is 44.8. The highest BCUT2D eigenvalue weighted by molar-refractivity contribution is 5.62. The van der Waals surface area contributed by atoms with Crippen LogP contribution in [0.15, 0.2) is 24.3 Å². The Bertz CT molecular complexity index is 704. The van der Waals surface area contributed by atoms with Gasteiger partial charge in [-0.05, 0) is 84.2 Å². The number of aliphatic hydroxyl groups excluding tert-OH is 1. The van der Waals surface area contributed by atoms with Crippen molar-refractivity contribution in [3.63, 3.8) is 0 Å². The molecule has 5 nitrogen and oxygen atoms in total. The molecule has 50 heavy (non-hydrogen) atoms. The van der Waals surface area contributed by atoms with E-state index in [-0.39, 0.29) is 6.61 Å². The molecule has 0 aliphatic rings. The van der Waals surface area contributed by atoms with E-state index in [2.05, 4.69) is 62.5 Å². The predicted molar refractivity (Wildman–Crippen MR) is 222 cm³/mol. The first kappa shape index (κ1) is 50.9. The third kappa shape index (κ3) is 44.9. The average Bonchev–Trinajstić information content (AvgIpc) is 3.08. The van der Waals surface area contributed by atoms with Gasteiger partial charge in [0.2, 0.25) is 0 Å². The van der Waals surface area contributed by atoms with Crippen LogP contribution in [0.25, 0.3) is 0 Å². The summed E-state index contributed by atoms with van der Waals surface area (Å²) in [5, 5.41) is 20.7. The van der Waals surface area contributed by atoms with Gasteiger partial charge in [-0.3, -0.25) is 4.79 Å². The van der Waals surface area contributed by atoms with Gasteiger partial charge in [-0.25, -0.2) is 0 Å². The van der Waals surface area contributed by atoms with Gasteiger partial charge in [0.25, 0.3) is 5.97 Å². The molecule has 0 saturated heterocycles. The lowest BCUT2D eigenvalue weighted by atomic mass is 9.88. The molecule has 298 valence electrons. The Hall–Kier alpha value is -1.17. The number of rotatable bonds is 38. The molecule has 0 rings (SSSR count). The fourth-order valence-corrected chi connectivity index (χ4v) is 6.91. The summed E-state index contributed by atoms with van der Waals surface area (Å²) in [6.45, 7) is 7.80. The van der Waals surface area contributed by atoms with Crippen molar-refractivity contribution in [2.24, 2.45) is 5.92 Å². The lowest BCUT2D eigenvalue weighted by Crippen LogP contribution is -2.42. The van der Waals surface area contributed by atoms with E-state index in [1.54, 1.807) is 0 Å². The molecule has 0 aliphatic heterocycles. The number of carboxylic acids is 1. The van der Waals surface area contributed by atoms with Crippen molar-refractivity contribution in [2.75, 3.05) is 33.8 Å². The quantitative estimate of drug-likeness (QED) is 0.0440. The van der Waals surface area contributed by atoms with Gasteiger partial charge in [0.15, 0.2) is 0 Å². The van der Waals surface area contributed by atoms with Crippen LogP contribution in [0.1, 0.15) is 213 Å². The number of allylic oxidation sites excluding steroid dienone is 4. The van der Waals surface area contributed by atoms with Crippen molar-refractivity contribution in [2.45, 2.75) is 219 Å². The number of carboxylic acid groups (broad SMARTS) is 1. The minimum atomic E-state index is -0.833. The molecule has 3 N–H and O–H groups in total. The van der Waals surface area contributed by atoms with Gasteiger partial charge < -0.3 is 20.4 Å². The van der Waals surface area contributed by atoms with Gasteiger partial charge in [0, 0.05) is 26.1 Å². The normalized spacial score (nSPS) is 12.9. The standard InChI is InChI=1S/C43H86N2O.C2H4O2/c1-5-7-9-11-13-15-17-19-21-23-25-27-29-31-33-35-37-42(41-45(3)4)43(44-39-40-46)38-36-34-32-30-28-26-24-22-20-18-16-14-12-10-8-6-2;1-2(3)4/h19-22,42-44,46H,5-18,23-41H2,1-4H3;1H3,(H,3,4)/b21-19-,22-20-;. The van der Waals surface area contributed by atoms with E-state index < -0.39 is 5.97 Å². The maximum absolute atomic E-state index is 9.53. The molecule has 2 atom stereocenters. The van der Waals surface area contributed by atoms with Crippen molar-refractivity contribution in [1.82, 2.24) is 10.2 Å². The lowest BCUT2D eigenvalue weighted by molar-refractivity contribution is -0.134. The molecular formula is C45H90N2O3. The number of aliphatic carboxylic acids is 1. The molecule has 0 fully saturated rings. The Morgan fingerprint density at radius 1 is 0.560 bits per heavy atom. The number of aliphatic hydroxyl groups is 1. The van der Waals surface area contributed by atoms with Gasteiger partial charge >= 0.3 is 0 Å². The number of nitrogens with zero attached hydrogens (tertiary/aromatic N) is 1. The van der Waals surface area contributed by atoms with Gasteiger partial charge in [0.05, 0.1) is 6.61 Å². The highest BCUT2D eigenvalue weighted by atomic mass is 16.4. The maximum Gasteiger partial charge on any atom is 0.300 e. The number of carbonyl (C=O) groups is 1. The Labute approximate surface area is 313 Å². The molecule has 0 aromatic heterocycles. The summed E-state index contributed by atoms with van der Waals surface area (Å²) < 4.78 is 0. The van der Waals surface area contributed by atoms with Gasteiger partial charge in [-0.2, -0.15) is 0 Å². The van der Waals surface area contributed by atoms with Gasteiger partial charge in [-0.1, -0.05) is 167 Å². The van der Waals surface area contributed by atoms with Crippen molar-refractivity contribution in [3.8, 4) is 0 Å². The van der Waals surface area contributed by atoms with Crippen LogP contribution in [0, 0.1) is 5.92 Å². The van der Waals surface area contributed by atoms with Crippen LogP contribution in [0.4, 0.5) is 0 Å². The monoisotopic (exact) mass is 707 g/mol. The largest absolute Gasteiger partial charge is 0.481 e. The molecule has 0 bridgehead atoms. The summed E-state index contributed by atoms with van der Waals surface area (Å²) in [4.78, 5) is 11.4. The van der Waals surface area contributed by atoms with Crippen LogP contribution in [-0.4, -0.2) is 60.9 Å². The molecule has 5 heteroatoms. The van der Waals surface area contributed by atoms with Crippen LogP contribution in [0.5, 0.6) is 0 Å². The van der Waals surface area contributed by atoms with Gasteiger partial charge in [0.1, 0.15) is 0 Å². The Morgan fingerprint density at radius 2 is 0.880 bits per heavy atom. The Morgan fingerprint density at radius 3 is 1.22 bits per heavy atom. The molecule has 0 amide bonds. The zero-order valence-electron chi connectivity index (χ0n) is 34.5. The summed E-state index contributed by atoms with van der Waals surface area (Å²) >= 11 is 0. The highest BCUT2D eigenvalue weighted by Gasteiger charge is 2.21. The molecule has 0 spiro atoms. The average molecular weight is 707 g/mol. The fraction of sp³-hybridized carbons (Fsp3) is 0.889. The number of nitrogens with one attached hydrogen (secondary N) is 1. The van der Waals surface area contributed by atoms with E-state index >= 15 is 0 Å². The second-order valence-electron chi connectivity index (χ2n) is 15.3. The van der Waals surface area contributed by atoms with Crippen molar-refractivity contribution >= 4 is 5.97 Å². The SMILES string of the molecule is CC(=O)O.CCCCCCCC/C=C\CCCCCCCCC(CN(C)C)C(CCCCCCCC/C=C\CCCCCCCC)NCCO. The fourth-order valence-electron chi connectivity index (χ4n) is 6.91. The minimum Gasteiger partial charge on any atom is -0.481 e. The van der Waals surface area contributed by atoms with E-state index in [0.29, 0.717) is 12.0 Å². The minimum absolute atomic E-state index is 0.243. The third-order valence-corrected chi connectivity index (χ3v) is 9.80. The summed E-state index contributed by atoms with van der Waals surface area (Å²) in [6, 6.07) is 0.537. The third-order valence-electron chi connectivity index (χ3n) is 9.80. The zero-order chi connectivity index (χ0) is 37.2. The second kappa shape index (κ2) is 44.0. The molecule has 0 aromatic carbocycles. The summed E-state index contributed by atoms with van der Waals surface area (Å²) in [6.07, 6.45) is 50.6. The number of unbranched alkanes of at least 4 members (excludes halogenated alkanes) is 24. The second-order valence-corrected chi connectivity index (χ2v) is 15.3. The van der Waals surface area contributed by atoms with Gasteiger partial charge in [-0.15, -0.1) is 0 Å². The molecule has 2 unspecified atom stereocenters. The topological polar surface area (TPSA) is 72.8 Å². The molecular weight excluding hydrogens is 617 g/mol. The van der Waals surface area contributed by atoms with Crippen LogP contribution in [-0.2, 0) is 4.79 Å². The van der Waals surface area contributed by atoms with Crippen LogP contribution >= 0.6 is 0 Å². The van der Waals surface area contributed by atoms with Crippen molar-refractivity contribution in [3.05, 3.63) is 24.3 Å². The Balaban J connectivity index is 0. The number of hydrogen-bond acceptors (Lipinski definition) is 4. The molecule has 0 heterocycles. The van der Waals surface area contributed by atoms with E-state index in [9.17, 15) is 5.11 Å². The van der Waals surface area contributed by atoms with Crippen LogP contribution in [0.3, 0.4) is 0 Å². The molecule has 0 aromatic rings. The first-order chi connectivity index (χ1) is 24.4. The molecule has 0 saturated carbocycles. The summed E-state index contributed by atoms with van der Waals surface area (Å²) in [5.74, 6) is -0.151. The van der Waals surface area contributed by atoms with Crippen LogP contribution < -0.4 is 5.32 Å². The van der Waals surface area contributed by atoms with E-state index in [1.165, 1.54) is 193 Å². The molecule has 0 radical (unpaired) electrons. The first-order valence-corrected chi connectivity index (χ1v) is 21.9. The summed E-state index contributed by atoms with van der Waals surface area (Å²) in [5.41, 5.74) is 0. The van der Waals surface area contributed by atoms with E-state index in [4.69, 9.17) is 9.90 Å². The predicted octanol–water partition coefficient (Wildman–Crippen LogP) is 13.1. The van der Waals surface area contributed by atoms with E-state index in [0.717, 1.165) is 20.0 Å². The number of hydrogen-bond donors (Lipinski definition) is 3. The maximum atomic E-state index is 9.53.